The molecule has 0 unspecified atom stereocenters. The van der Waals surface area contributed by atoms with Gasteiger partial charge in [-0.2, -0.15) is 0 Å². The molecule has 116 valence electrons. The molecule has 0 spiro atoms. The fourth-order valence-electron chi connectivity index (χ4n) is 3.65. The Bertz CT molecular complexity index is 441. The molecule has 0 atom stereocenters. The van der Waals surface area contributed by atoms with E-state index < -0.39 is 0 Å². The molecule has 4 heteroatoms. The standard InChI is InChI=1S/C17H27N3O/c1-2-15-11-14(13-21)12-17(18-15)20-9-7-19(8-10-20)16-5-3-4-6-16/h11-12,16,21H,2-10,13H2,1H3. The van der Waals surface area contributed by atoms with Crippen molar-refractivity contribution in [3.05, 3.63) is 23.4 Å². The minimum Gasteiger partial charge on any atom is -0.392 e. The molecule has 2 fully saturated rings. The Kier molecular flexibility index (Phi) is 4.76. The molecule has 0 bridgehead atoms. The first kappa shape index (κ1) is 14.8. The molecule has 1 aliphatic carbocycles. The average molecular weight is 289 g/mol. The van der Waals surface area contributed by atoms with Crippen molar-refractivity contribution in [2.45, 2.75) is 51.7 Å². The average Bonchev–Trinajstić information content (AvgIpc) is 3.09. The van der Waals surface area contributed by atoms with E-state index >= 15 is 0 Å². The lowest BCUT2D eigenvalue weighted by Crippen LogP contribution is -2.50. The summed E-state index contributed by atoms with van der Waals surface area (Å²) in [5.74, 6) is 1.05. The zero-order valence-electron chi connectivity index (χ0n) is 13.1. The second-order valence-electron chi connectivity index (χ2n) is 6.30. The Labute approximate surface area is 127 Å². The fourth-order valence-corrected chi connectivity index (χ4v) is 3.65. The highest BCUT2D eigenvalue weighted by molar-refractivity contribution is 5.43. The summed E-state index contributed by atoms with van der Waals surface area (Å²) in [6.45, 7) is 6.63. The van der Waals surface area contributed by atoms with Crippen molar-refractivity contribution in [3.8, 4) is 0 Å². The molecule has 0 amide bonds. The highest BCUT2D eigenvalue weighted by Gasteiger charge is 2.26. The monoisotopic (exact) mass is 289 g/mol. The van der Waals surface area contributed by atoms with Crippen LogP contribution in [0.15, 0.2) is 12.1 Å². The Balaban J connectivity index is 1.65. The van der Waals surface area contributed by atoms with Crippen LogP contribution in [-0.4, -0.2) is 47.2 Å². The van der Waals surface area contributed by atoms with E-state index in [4.69, 9.17) is 4.98 Å². The molecule has 1 saturated heterocycles. The third kappa shape index (κ3) is 3.38. The van der Waals surface area contributed by atoms with Crippen LogP contribution in [0.4, 0.5) is 5.82 Å². The Morgan fingerprint density at radius 3 is 2.48 bits per heavy atom. The Morgan fingerprint density at radius 1 is 1.14 bits per heavy atom. The molecule has 3 rings (SSSR count). The minimum absolute atomic E-state index is 0.102. The van der Waals surface area contributed by atoms with Crippen molar-refractivity contribution >= 4 is 5.82 Å². The quantitative estimate of drug-likeness (QED) is 0.922. The first-order valence-electron chi connectivity index (χ1n) is 8.40. The normalized spacial score (nSPS) is 21.1. The van der Waals surface area contributed by atoms with Crippen LogP contribution in [0.3, 0.4) is 0 Å². The lowest BCUT2D eigenvalue weighted by Gasteiger charge is -2.38. The number of nitrogens with zero attached hydrogens (tertiary/aromatic N) is 3. The van der Waals surface area contributed by atoms with Crippen molar-refractivity contribution in [2.75, 3.05) is 31.1 Å². The van der Waals surface area contributed by atoms with Gasteiger partial charge in [-0.05, 0) is 37.0 Å². The smallest absolute Gasteiger partial charge is 0.129 e. The predicted molar refractivity (Wildman–Crippen MR) is 85.6 cm³/mol. The van der Waals surface area contributed by atoms with Crippen molar-refractivity contribution in [2.24, 2.45) is 0 Å². The zero-order valence-corrected chi connectivity index (χ0v) is 13.1. The van der Waals surface area contributed by atoms with E-state index in [9.17, 15) is 5.11 Å². The predicted octanol–water partition coefficient (Wildman–Crippen LogP) is 2.20. The molecule has 2 aliphatic rings. The molecule has 1 aromatic heterocycles. The van der Waals surface area contributed by atoms with Crippen LogP contribution < -0.4 is 4.90 Å². The van der Waals surface area contributed by atoms with Gasteiger partial charge in [0.15, 0.2) is 0 Å². The van der Waals surface area contributed by atoms with Gasteiger partial charge in [0.1, 0.15) is 5.82 Å². The van der Waals surface area contributed by atoms with Gasteiger partial charge in [0.25, 0.3) is 0 Å². The lowest BCUT2D eigenvalue weighted by atomic mass is 10.1. The van der Waals surface area contributed by atoms with Crippen LogP contribution >= 0.6 is 0 Å². The van der Waals surface area contributed by atoms with E-state index in [1.54, 1.807) is 0 Å². The number of anilines is 1. The molecule has 1 aliphatic heterocycles. The first-order chi connectivity index (χ1) is 10.3. The molecule has 0 radical (unpaired) electrons. The minimum atomic E-state index is 0.102. The maximum Gasteiger partial charge on any atom is 0.129 e. The van der Waals surface area contributed by atoms with Gasteiger partial charge in [-0.3, -0.25) is 4.90 Å². The van der Waals surface area contributed by atoms with Crippen molar-refractivity contribution < 1.29 is 5.11 Å². The number of rotatable bonds is 4. The van der Waals surface area contributed by atoms with Crippen LogP contribution in [0.1, 0.15) is 43.9 Å². The van der Waals surface area contributed by atoms with E-state index in [0.717, 1.165) is 55.7 Å². The van der Waals surface area contributed by atoms with E-state index in [1.165, 1.54) is 25.7 Å². The number of aryl methyl sites for hydroxylation is 1. The molecular formula is C17H27N3O. The summed E-state index contributed by atoms with van der Waals surface area (Å²) in [4.78, 5) is 9.79. The molecule has 4 nitrogen and oxygen atoms in total. The Morgan fingerprint density at radius 2 is 1.86 bits per heavy atom. The maximum atomic E-state index is 9.41. The van der Waals surface area contributed by atoms with Gasteiger partial charge in [-0.15, -0.1) is 0 Å². The molecule has 21 heavy (non-hydrogen) atoms. The van der Waals surface area contributed by atoms with Gasteiger partial charge in [0, 0.05) is 37.9 Å². The second kappa shape index (κ2) is 6.75. The molecule has 1 N–H and O–H groups in total. The lowest BCUT2D eigenvalue weighted by molar-refractivity contribution is 0.187. The highest BCUT2D eigenvalue weighted by atomic mass is 16.3. The van der Waals surface area contributed by atoms with Crippen LogP contribution in [0, 0.1) is 0 Å². The summed E-state index contributed by atoms with van der Waals surface area (Å²) in [5, 5.41) is 9.41. The van der Waals surface area contributed by atoms with Crippen molar-refractivity contribution in [1.82, 2.24) is 9.88 Å². The first-order valence-corrected chi connectivity index (χ1v) is 8.40. The SMILES string of the molecule is CCc1cc(CO)cc(N2CCN(C3CCCC3)CC2)n1. The summed E-state index contributed by atoms with van der Waals surface area (Å²) < 4.78 is 0. The number of piperazine rings is 1. The van der Waals surface area contributed by atoms with Crippen molar-refractivity contribution in [3.63, 3.8) is 0 Å². The summed E-state index contributed by atoms with van der Waals surface area (Å²) in [7, 11) is 0. The summed E-state index contributed by atoms with van der Waals surface area (Å²) in [6, 6.07) is 4.89. The van der Waals surface area contributed by atoms with Gasteiger partial charge in [-0.25, -0.2) is 4.98 Å². The molecular weight excluding hydrogens is 262 g/mol. The fraction of sp³-hybridized carbons (Fsp3) is 0.706. The van der Waals surface area contributed by atoms with Crippen molar-refractivity contribution in [1.29, 1.82) is 0 Å². The van der Waals surface area contributed by atoms with Gasteiger partial charge >= 0.3 is 0 Å². The van der Waals surface area contributed by atoms with Crippen LogP contribution in [0.2, 0.25) is 0 Å². The van der Waals surface area contributed by atoms with E-state index in [1.807, 2.05) is 12.1 Å². The third-order valence-electron chi connectivity index (χ3n) is 4.95. The van der Waals surface area contributed by atoms with Gasteiger partial charge < -0.3 is 10.0 Å². The summed E-state index contributed by atoms with van der Waals surface area (Å²) >= 11 is 0. The van der Waals surface area contributed by atoms with Crippen LogP contribution in [0.25, 0.3) is 0 Å². The highest BCUT2D eigenvalue weighted by Crippen LogP contribution is 2.25. The number of aliphatic hydroxyl groups is 1. The van der Waals surface area contributed by atoms with E-state index in [2.05, 4.69) is 16.7 Å². The molecule has 2 heterocycles. The zero-order chi connectivity index (χ0) is 14.7. The Hall–Kier alpha value is -1.13. The molecule has 0 aromatic carbocycles. The number of pyridine rings is 1. The van der Waals surface area contributed by atoms with Gasteiger partial charge in [0.2, 0.25) is 0 Å². The maximum absolute atomic E-state index is 9.41. The summed E-state index contributed by atoms with van der Waals surface area (Å²) in [6.07, 6.45) is 6.51. The summed E-state index contributed by atoms with van der Waals surface area (Å²) in [5.41, 5.74) is 2.06. The van der Waals surface area contributed by atoms with E-state index in [0.29, 0.717) is 0 Å². The third-order valence-corrected chi connectivity index (χ3v) is 4.95. The molecule has 1 aromatic rings. The van der Waals surface area contributed by atoms with Gasteiger partial charge in [0.05, 0.1) is 6.61 Å². The largest absolute Gasteiger partial charge is 0.392 e. The number of aliphatic hydroxyl groups excluding tert-OH is 1. The second-order valence-corrected chi connectivity index (χ2v) is 6.30. The topological polar surface area (TPSA) is 39.6 Å². The number of aromatic nitrogens is 1. The van der Waals surface area contributed by atoms with E-state index in [-0.39, 0.29) is 6.61 Å². The van der Waals surface area contributed by atoms with Crippen LogP contribution in [0.5, 0.6) is 0 Å². The van der Waals surface area contributed by atoms with Gasteiger partial charge in [-0.1, -0.05) is 19.8 Å². The number of hydrogen-bond acceptors (Lipinski definition) is 4. The van der Waals surface area contributed by atoms with Crippen LogP contribution in [-0.2, 0) is 13.0 Å². The number of hydrogen-bond donors (Lipinski definition) is 1. The molecule has 1 saturated carbocycles.